The Bertz CT molecular complexity index is 419. The second-order valence-corrected chi connectivity index (χ2v) is 4.73. The van der Waals surface area contributed by atoms with E-state index in [2.05, 4.69) is 0 Å². The molecule has 5 heteroatoms. The molecule has 1 aromatic carbocycles. The summed E-state index contributed by atoms with van der Waals surface area (Å²) in [6.45, 7) is 3.34. The number of carbonyl (C=O) groups is 1. The Morgan fingerprint density at radius 3 is 2.70 bits per heavy atom. The number of hydrogen-bond acceptors (Lipinski definition) is 4. The summed E-state index contributed by atoms with van der Waals surface area (Å²) in [5.74, 6) is 0.862. The summed E-state index contributed by atoms with van der Waals surface area (Å²) >= 11 is 0. The van der Waals surface area contributed by atoms with Crippen LogP contribution in [0.1, 0.15) is 12.0 Å². The second-order valence-electron chi connectivity index (χ2n) is 4.73. The van der Waals surface area contributed by atoms with Crippen molar-refractivity contribution in [2.75, 3.05) is 33.9 Å². The van der Waals surface area contributed by atoms with Crippen LogP contribution in [0.15, 0.2) is 24.3 Å². The zero-order chi connectivity index (χ0) is 15.0. The zero-order valence-corrected chi connectivity index (χ0v) is 12.5. The first kappa shape index (κ1) is 16.5. The number of rotatable bonds is 8. The lowest BCUT2D eigenvalue weighted by atomic mass is 10.2. The zero-order valence-electron chi connectivity index (χ0n) is 12.5. The summed E-state index contributed by atoms with van der Waals surface area (Å²) in [6, 6.07) is 7.82. The van der Waals surface area contributed by atoms with Gasteiger partial charge in [-0.15, -0.1) is 0 Å². The van der Waals surface area contributed by atoms with E-state index in [0.29, 0.717) is 26.1 Å². The van der Waals surface area contributed by atoms with Crippen molar-refractivity contribution in [1.29, 1.82) is 0 Å². The molecule has 20 heavy (non-hydrogen) atoms. The van der Waals surface area contributed by atoms with Crippen LogP contribution in [-0.2, 0) is 9.53 Å². The molecule has 0 saturated carbocycles. The SMILES string of the molecule is COC(CN)CC(=O)N(C)CCOc1ccccc1C. The molecule has 2 N–H and O–H groups in total. The van der Waals surface area contributed by atoms with Crippen LogP contribution >= 0.6 is 0 Å². The molecule has 0 radical (unpaired) electrons. The topological polar surface area (TPSA) is 64.8 Å². The third-order valence-corrected chi connectivity index (χ3v) is 3.20. The van der Waals surface area contributed by atoms with Gasteiger partial charge in [-0.25, -0.2) is 0 Å². The number of amides is 1. The highest BCUT2D eigenvalue weighted by Gasteiger charge is 2.15. The van der Waals surface area contributed by atoms with Gasteiger partial charge in [0.05, 0.1) is 19.1 Å². The maximum Gasteiger partial charge on any atom is 0.225 e. The van der Waals surface area contributed by atoms with E-state index < -0.39 is 0 Å². The Morgan fingerprint density at radius 2 is 2.10 bits per heavy atom. The van der Waals surface area contributed by atoms with Gasteiger partial charge in [-0.05, 0) is 18.6 Å². The lowest BCUT2D eigenvalue weighted by molar-refractivity contribution is -0.132. The quantitative estimate of drug-likeness (QED) is 0.777. The number of likely N-dealkylation sites (N-methyl/N-ethyl adjacent to an activating group) is 1. The highest BCUT2D eigenvalue weighted by molar-refractivity contribution is 5.76. The van der Waals surface area contributed by atoms with Gasteiger partial charge in [-0.1, -0.05) is 18.2 Å². The molecule has 0 spiro atoms. The molecule has 0 aliphatic heterocycles. The normalized spacial score (nSPS) is 12.0. The summed E-state index contributed by atoms with van der Waals surface area (Å²) in [6.07, 6.45) is 0.0793. The van der Waals surface area contributed by atoms with Crippen LogP contribution in [0.4, 0.5) is 0 Å². The molecular weight excluding hydrogens is 256 g/mol. The van der Waals surface area contributed by atoms with E-state index in [1.165, 1.54) is 0 Å². The molecule has 0 bridgehead atoms. The monoisotopic (exact) mass is 280 g/mol. The number of nitrogens with zero attached hydrogens (tertiary/aromatic N) is 1. The Balaban J connectivity index is 2.34. The predicted molar refractivity (Wildman–Crippen MR) is 78.8 cm³/mol. The minimum Gasteiger partial charge on any atom is -0.491 e. The lowest BCUT2D eigenvalue weighted by Gasteiger charge is -2.20. The van der Waals surface area contributed by atoms with Crippen molar-refractivity contribution in [3.05, 3.63) is 29.8 Å². The molecule has 5 nitrogen and oxygen atoms in total. The van der Waals surface area contributed by atoms with Gasteiger partial charge in [0.2, 0.25) is 5.91 Å². The van der Waals surface area contributed by atoms with E-state index in [0.717, 1.165) is 11.3 Å². The molecule has 0 fully saturated rings. The molecule has 1 amide bonds. The van der Waals surface area contributed by atoms with Crippen molar-refractivity contribution in [1.82, 2.24) is 4.90 Å². The van der Waals surface area contributed by atoms with E-state index in [4.69, 9.17) is 15.2 Å². The molecule has 0 aromatic heterocycles. The molecule has 1 atom stereocenters. The van der Waals surface area contributed by atoms with Gasteiger partial charge >= 0.3 is 0 Å². The fourth-order valence-corrected chi connectivity index (χ4v) is 1.75. The highest BCUT2D eigenvalue weighted by atomic mass is 16.5. The number of carbonyl (C=O) groups excluding carboxylic acids is 1. The van der Waals surface area contributed by atoms with Crippen molar-refractivity contribution in [2.24, 2.45) is 5.73 Å². The largest absolute Gasteiger partial charge is 0.491 e. The van der Waals surface area contributed by atoms with Gasteiger partial charge in [0.25, 0.3) is 0 Å². The van der Waals surface area contributed by atoms with Crippen LogP contribution in [0, 0.1) is 6.92 Å². The van der Waals surface area contributed by atoms with Gasteiger partial charge in [0.1, 0.15) is 12.4 Å². The third-order valence-electron chi connectivity index (χ3n) is 3.20. The van der Waals surface area contributed by atoms with Crippen LogP contribution < -0.4 is 10.5 Å². The summed E-state index contributed by atoms with van der Waals surface area (Å²) in [5, 5.41) is 0. The molecule has 0 heterocycles. The first-order valence-corrected chi connectivity index (χ1v) is 6.73. The predicted octanol–water partition coefficient (Wildman–Crippen LogP) is 1.20. The average Bonchev–Trinajstić information content (AvgIpc) is 2.46. The summed E-state index contributed by atoms with van der Waals surface area (Å²) < 4.78 is 10.8. The molecule has 1 aromatic rings. The molecule has 0 aliphatic rings. The fraction of sp³-hybridized carbons (Fsp3) is 0.533. The Morgan fingerprint density at radius 1 is 1.40 bits per heavy atom. The van der Waals surface area contributed by atoms with Crippen LogP contribution in [0.2, 0.25) is 0 Å². The van der Waals surface area contributed by atoms with Crippen molar-refractivity contribution < 1.29 is 14.3 Å². The summed E-state index contributed by atoms with van der Waals surface area (Å²) in [7, 11) is 3.32. The van der Waals surface area contributed by atoms with Crippen LogP contribution in [0.3, 0.4) is 0 Å². The number of nitrogens with two attached hydrogens (primary N) is 1. The Kier molecular flexibility index (Phi) is 7.04. The number of ether oxygens (including phenoxy) is 2. The summed E-state index contributed by atoms with van der Waals surface area (Å²) in [4.78, 5) is 13.6. The van der Waals surface area contributed by atoms with E-state index >= 15 is 0 Å². The van der Waals surface area contributed by atoms with Crippen LogP contribution in [0.25, 0.3) is 0 Å². The van der Waals surface area contributed by atoms with Gasteiger partial charge in [0, 0.05) is 20.7 Å². The molecule has 0 saturated heterocycles. The Hall–Kier alpha value is -1.59. The maximum absolute atomic E-state index is 11.9. The van der Waals surface area contributed by atoms with E-state index in [9.17, 15) is 4.79 Å². The maximum atomic E-state index is 11.9. The highest BCUT2D eigenvalue weighted by Crippen LogP contribution is 2.15. The molecule has 1 rings (SSSR count). The molecular formula is C15H24N2O3. The van der Waals surface area contributed by atoms with Crippen molar-refractivity contribution >= 4 is 5.91 Å². The van der Waals surface area contributed by atoms with E-state index in [-0.39, 0.29) is 12.0 Å². The molecule has 0 aliphatic carbocycles. The van der Waals surface area contributed by atoms with Crippen LogP contribution in [-0.4, -0.2) is 50.8 Å². The van der Waals surface area contributed by atoms with Crippen LogP contribution in [0.5, 0.6) is 5.75 Å². The van der Waals surface area contributed by atoms with Gasteiger partial charge in [-0.3, -0.25) is 4.79 Å². The minimum atomic E-state index is -0.220. The third kappa shape index (κ3) is 5.19. The Labute approximate surface area is 120 Å². The van der Waals surface area contributed by atoms with Crippen molar-refractivity contribution in [2.45, 2.75) is 19.4 Å². The number of benzene rings is 1. The van der Waals surface area contributed by atoms with E-state index in [1.807, 2.05) is 31.2 Å². The van der Waals surface area contributed by atoms with Crippen molar-refractivity contribution in [3.8, 4) is 5.75 Å². The summed E-state index contributed by atoms with van der Waals surface area (Å²) in [5.41, 5.74) is 6.59. The smallest absolute Gasteiger partial charge is 0.225 e. The first-order chi connectivity index (χ1) is 9.58. The number of hydrogen-bond donors (Lipinski definition) is 1. The van der Waals surface area contributed by atoms with Crippen molar-refractivity contribution in [3.63, 3.8) is 0 Å². The molecule has 112 valence electrons. The minimum absolute atomic E-state index is 0.00989. The van der Waals surface area contributed by atoms with E-state index in [1.54, 1.807) is 19.1 Å². The first-order valence-electron chi connectivity index (χ1n) is 6.73. The standard InChI is InChI=1S/C15H24N2O3/c1-12-6-4-5-7-14(12)20-9-8-17(2)15(18)10-13(11-16)19-3/h4-7,13H,8-11,16H2,1-3H3. The second kappa shape index (κ2) is 8.55. The van der Waals surface area contributed by atoms with Gasteiger partial charge < -0.3 is 20.1 Å². The number of methoxy groups -OCH3 is 1. The number of para-hydroxylation sites is 1. The molecule has 1 unspecified atom stereocenters. The average molecular weight is 280 g/mol. The number of aryl methyl sites for hydroxylation is 1. The fourth-order valence-electron chi connectivity index (χ4n) is 1.75. The lowest BCUT2D eigenvalue weighted by Crippen LogP contribution is -2.35. The van der Waals surface area contributed by atoms with Gasteiger partial charge in [0.15, 0.2) is 0 Å². The van der Waals surface area contributed by atoms with Gasteiger partial charge in [-0.2, -0.15) is 0 Å².